The summed E-state index contributed by atoms with van der Waals surface area (Å²) in [5.41, 5.74) is 3.37. The molecule has 1 N–H and O–H groups in total. The van der Waals surface area contributed by atoms with Gasteiger partial charge in [0.1, 0.15) is 0 Å². The molecule has 23 heavy (non-hydrogen) atoms. The van der Waals surface area contributed by atoms with Crippen LogP contribution < -0.4 is 4.90 Å². The number of hydrogen-bond acceptors (Lipinski definition) is 2. The summed E-state index contributed by atoms with van der Waals surface area (Å²) in [6, 6.07) is 14.7. The molecule has 0 bridgehead atoms. The number of rotatable bonds is 3. The number of carbonyl (C=O) groups is 2. The molecule has 0 radical (unpaired) electrons. The molecule has 2 aromatic carbocycles. The van der Waals surface area contributed by atoms with E-state index < -0.39 is 5.97 Å². The first-order chi connectivity index (χ1) is 10.1. The Morgan fingerprint density at radius 3 is 2.39 bits per heavy atom. The Labute approximate surface area is 146 Å². The Bertz CT molecular complexity index is 704. The number of anilines is 1. The topological polar surface area (TPSA) is 57.6 Å². The second-order valence-corrected chi connectivity index (χ2v) is 5.11. The first-order valence-electron chi connectivity index (χ1n) is 6.85. The second kappa shape index (κ2) is 7.99. The van der Waals surface area contributed by atoms with Crippen molar-refractivity contribution in [3.8, 4) is 0 Å². The van der Waals surface area contributed by atoms with Crippen molar-refractivity contribution in [2.24, 2.45) is 0 Å². The van der Waals surface area contributed by atoms with Crippen LogP contribution in [0.25, 0.3) is 0 Å². The second-order valence-electron chi connectivity index (χ2n) is 5.11. The van der Waals surface area contributed by atoms with Crippen molar-refractivity contribution < 1.29 is 14.7 Å². The van der Waals surface area contributed by atoms with E-state index in [-0.39, 0.29) is 37.1 Å². The molecular weight excluding hydrogens is 337 g/mol. The van der Waals surface area contributed by atoms with Crippen LogP contribution in [0.4, 0.5) is 5.69 Å². The number of halogens is 2. The summed E-state index contributed by atoms with van der Waals surface area (Å²) in [6.07, 6.45) is 0.779. The lowest BCUT2D eigenvalue weighted by Gasteiger charge is -2.17. The van der Waals surface area contributed by atoms with Gasteiger partial charge in [0.25, 0.3) is 5.91 Å². The summed E-state index contributed by atoms with van der Waals surface area (Å²) in [5.74, 6) is -0.856. The molecule has 0 saturated heterocycles. The SMILES string of the molecule is Cl.Cl.O=C(O)Cc1ccc2c(c1)CCN2C(=O)c1ccccc1. The first kappa shape index (κ1) is 19.0. The summed E-state index contributed by atoms with van der Waals surface area (Å²) in [4.78, 5) is 25.0. The highest BCUT2D eigenvalue weighted by molar-refractivity contribution is 6.07. The van der Waals surface area contributed by atoms with Gasteiger partial charge in [-0.05, 0) is 35.7 Å². The maximum Gasteiger partial charge on any atom is 0.307 e. The van der Waals surface area contributed by atoms with Gasteiger partial charge in [-0.2, -0.15) is 0 Å². The Morgan fingerprint density at radius 1 is 1.04 bits per heavy atom. The van der Waals surface area contributed by atoms with Crippen molar-refractivity contribution in [1.29, 1.82) is 0 Å². The van der Waals surface area contributed by atoms with Gasteiger partial charge in [0.15, 0.2) is 0 Å². The molecule has 0 fully saturated rings. The predicted molar refractivity (Wildman–Crippen MR) is 94.1 cm³/mol. The van der Waals surface area contributed by atoms with Crippen LogP contribution in [0.5, 0.6) is 0 Å². The van der Waals surface area contributed by atoms with Crippen LogP contribution in [0.15, 0.2) is 48.5 Å². The van der Waals surface area contributed by atoms with Crippen LogP contribution in [-0.4, -0.2) is 23.5 Å². The van der Waals surface area contributed by atoms with Crippen molar-refractivity contribution in [3.05, 3.63) is 65.2 Å². The minimum atomic E-state index is -0.842. The molecule has 122 valence electrons. The van der Waals surface area contributed by atoms with E-state index in [1.807, 2.05) is 30.3 Å². The monoisotopic (exact) mass is 353 g/mol. The zero-order chi connectivity index (χ0) is 14.8. The lowest BCUT2D eigenvalue weighted by molar-refractivity contribution is -0.136. The molecule has 0 aromatic heterocycles. The molecule has 4 nitrogen and oxygen atoms in total. The maximum atomic E-state index is 12.5. The maximum absolute atomic E-state index is 12.5. The minimum absolute atomic E-state index is 0. The Balaban J connectivity index is 0.00000132. The van der Waals surface area contributed by atoms with Crippen molar-refractivity contribution >= 4 is 42.4 Å². The number of amides is 1. The van der Waals surface area contributed by atoms with Crippen molar-refractivity contribution in [2.75, 3.05) is 11.4 Å². The van der Waals surface area contributed by atoms with Gasteiger partial charge in [0.2, 0.25) is 0 Å². The van der Waals surface area contributed by atoms with Crippen molar-refractivity contribution in [3.63, 3.8) is 0 Å². The Kier molecular flexibility index (Phi) is 6.61. The van der Waals surface area contributed by atoms with Crippen molar-refractivity contribution in [2.45, 2.75) is 12.8 Å². The standard InChI is InChI=1S/C17H15NO3.2ClH/c19-16(20)11-12-6-7-15-14(10-12)8-9-18(15)17(21)13-4-2-1-3-5-13;;/h1-7,10H,8-9,11H2,(H,19,20);2*1H. The third-order valence-electron chi connectivity index (χ3n) is 3.66. The molecule has 0 atom stereocenters. The average molecular weight is 354 g/mol. The van der Waals surface area contributed by atoms with Crippen LogP contribution in [0, 0.1) is 0 Å². The molecule has 1 aliphatic heterocycles. The average Bonchev–Trinajstić information content (AvgIpc) is 2.90. The van der Waals surface area contributed by atoms with Crippen LogP contribution >= 0.6 is 24.8 Å². The zero-order valence-electron chi connectivity index (χ0n) is 12.3. The molecule has 1 aliphatic rings. The highest BCUT2D eigenvalue weighted by Gasteiger charge is 2.25. The third kappa shape index (κ3) is 4.03. The van der Waals surface area contributed by atoms with Gasteiger partial charge < -0.3 is 10.0 Å². The Morgan fingerprint density at radius 2 is 1.74 bits per heavy atom. The van der Waals surface area contributed by atoms with E-state index in [1.54, 1.807) is 23.1 Å². The number of carbonyl (C=O) groups excluding carboxylic acids is 1. The largest absolute Gasteiger partial charge is 0.481 e. The number of fused-ring (bicyclic) bond motifs is 1. The quantitative estimate of drug-likeness (QED) is 0.920. The molecule has 1 heterocycles. The molecule has 0 unspecified atom stereocenters. The van der Waals surface area contributed by atoms with Gasteiger partial charge in [-0.25, -0.2) is 0 Å². The lowest BCUT2D eigenvalue weighted by Crippen LogP contribution is -2.28. The van der Waals surface area contributed by atoms with Crippen LogP contribution in [0.1, 0.15) is 21.5 Å². The molecule has 6 heteroatoms. The number of carboxylic acid groups (broad SMARTS) is 1. The fourth-order valence-electron chi connectivity index (χ4n) is 2.69. The smallest absolute Gasteiger partial charge is 0.307 e. The molecular formula is C17H17Cl2NO3. The summed E-state index contributed by atoms with van der Waals surface area (Å²) >= 11 is 0. The number of aliphatic carboxylic acids is 1. The van der Waals surface area contributed by atoms with Gasteiger partial charge in [0.05, 0.1) is 6.42 Å². The zero-order valence-corrected chi connectivity index (χ0v) is 13.9. The van der Waals surface area contributed by atoms with E-state index in [9.17, 15) is 9.59 Å². The van der Waals surface area contributed by atoms with E-state index >= 15 is 0 Å². The summed E-state index contributed by atoms with van der Waals surface area (Å²) in [5, 5.41) is 8.84. The predicted octanol–water partition coefficient (Wildman–Crippen LogP) is 3.36. The molecule has 1 amide bonds. The third-order valence-corrected chi connectivity index (χ3v) is 3.66. The van der Waals surface area contributed by atoms with Crippen LogP contribution in [0.2, 0.25) is 0 Å². The van der Waals surface area contributed by atoms with E-state index in [4.69, 9.17) is 5.11 Å². The fourth-order valence-corrected chi connectivity index (χ4v) is 2.69. The summed E-state index contributed by atoms with van der Waals surface area (Å²) < 4.78 is 0. The first-order valence-corrected chi connectivity index (χ1v) is 6.85. The van der Waals surface area contributed by atoms with E-state index in [0.29, 0.717) is 12.1 Å². The lowest BCUT2D eigenvalue weighted by atomic mass is 10.1. The highest BCUT2D eigenvalue weighted by atomic mass is 35.5. The molecule has 0 spiro atoms. The highest BCUT2D eigenvalue weighted by Crippen LogP contribution is 2.30. The van der Waals surface area contributed by atoms with Crippen molar-refractivity contribution in [1.82, 2.24) is 0 Å². The number of carboxylic acids is 1. The van der Waals surface area contributed by atoms with Crippen LogP contribution in [-0.2, 0) is 17.6 Å². The number of nitrogens with zero attached hydrogens (tertiary/aromatic N) is 1. The van der Waals surface area contributed by atoms with Gasteiger partial charge in [0, 0.05) is 17.8 Å². The summed E-state index contributed by atoms with van der Waals surface area (Å²) in [6.45, 7) is 0.638. The minimum Gasteiger partial charge on any atom is -0.481 e. The molecule has 3 rings (SSSR count). The number of hydrogen-bond donors (Lipinski definition) is 1. The number of benzene rings is 2. The molecule has 0 saturated carbocycles. The van der Waals surface area contributed by atoms with Gasteiger partial charge in [-0.15, -0.1) is 24.8 Å². The fraction of sp³-hybridized carbons (Fsp3) is 0.176. The van der Waals surface area contributed by atoms with Crippen LogP contribution in [0.3, 0.4) is 0 Å². The Hall–Kier alpha value is -2.04. The van der Waals surface area contributed by atoms with E-state index in [0.717, 1.165) is 23.2 Å². The van der Waals surface area contributed by atoms with E-state index in [2.05, 4.69) is 0 Å². The van der Waals surface area contributed by atoms with Gasteiger partial charge in [-0.3, -0.25) is 9.59 Å². The van der Waals surface area contributed by atoms with Gasteiger partial charge >= 0.3 is 5.97 Å². The molecule has 2 aromatic rings. The molecule has 0 aliphatic carbocycles. The van der Waals surface area contributed by atoms with E-state index in [1.165, 1.54) is 0 Å². The normalized spacial score (nSPS) is 11.9. The summed E-state index contributed by atoms with van der Waals surface area (Å²) in [7, 11) is 0. The van der Waals surface area contributed by atoms with Gasteiger partial charge in [-0.1, -0.05) is 30.3 Å².